The lowest BCUT2D eigenvalue weighted by atomic mass is 10.2. The van der Waals surface area contributed by atoms with Crippen molar-refractivity contribution in [1.29, 1.82) is 0 Å². The van der Waals surface area contributed by atoms with E-state index in [-0.39, 0.29) is 5.82 Å². The Hall–Kier alpha value is -2.07. The van der Waals surface area contributed by atoms with Crippen molar-refractivity contribution < 1.29 is 13.6 Å². The smallest absolute Gasteiger partial charge is 0.137 e. The summed E-state index contributed by atoms with van der Waals surface area (Å²) in [7, 11) is 0. The maximum absolute atomic E-state index is 13.1. The number of benzene rings is 2. The average Bonchev–Trinajstić information content (AvgIpc) is 3.02. The van der Waals surface area contributed by atoms with Crippen molar-refractivity contribution in [1.82, 2.24) is 0 Å². The molecule has 4 heteroatoms. The highest BCUT2D eigenvalue weighted by atomic mass is 19.1. The van der Waals surface area contributed by atoms with E-state index in [2.05, 4.69) is 0 Å². The number of anilines is 1. The lowest BCUT2D eigenvalue weighted by Gasteiger charge is -2.34. The zero-order valence-electron chi connectivity index (χ0n) is 14.3. The molecule has 0 spiro atoms. The Balaban J connectivity index is 1.63. The maximum atomic E-state index is 13.1. The molecule has 3 nitrogen and oxygen atoms in total. The van der Waals surface area contributed by atoms with E-state index in [1.54, 1.807) is 12.1 Å². The molecule has 0 amide bonds. The molecule has 0 bridgehead atoms. The van der Waals surface area contributed by atoms with Crippen molar-refractivity contribution in [2.75, 3.05) is 32.0 Å². The first-order valence-electron chi connectivity index (χ1n) is 8.65. The highest BCUT2D eigenvalue weighted by Gasteiger charge is 2.32. The summed E-state index contributed by atoms with van der Waals surface area (Å²) in [6.45, 7) is 6.90. The first kappa shape index (κ1) is 16.8. The Morgan fingerprint density at radius 3 is 2.50 bits per heavy atom. The molecule has 0 saturated carbocycles. The van der Waals surface area contributed by atoms with Gasteiger partial charge in [0.1, 0.15) is 31.3 Å². The molecule has 0 unspecified atom stereocenters. The van der Waals surface area contributed by atoms with Crippen molar-refractivity contribution in [3.05, 3.63) is 59.4 Å². The molecule has 0 radical (unpaired) electrons. The van der Waals surface area contributed by atoms with Gasteiger partial charge >= 0.3 is 0 Å². The Kier molecular flexibility index (Phi) is 5.05. The van der Waals surface area contributed by atoms with Crippen LogP contribution in [0.3, 0.4) is 0 Å². The first-order chi connectivity index (χ1) is 11.6. The van der Waals surface area contributed by atoms with Crippen LogP contribution in [0.25, 0.3) is 0 Å². The number of halogens is 1. The van der Waals surface area contributed by atoms with Crippen LogP contribution in [0.15, 0.2) is 42.5 Å². The highest BCUT2D eigenvalue weighted by Crippen LogP contribution is 2.26. The van der Waals surface area contributed by atoms with Crippen LogP contribution >= 0.6 is 0 Å². The largest absolute Gasteiger partial charge is 0.487 e. The Morgan fingerprint density at radius 1 is 1.08 bits per heavy atom. The number of nitrogens with zero attached hydrogens (tertiary/aromatic N) is 1. The highest BCUT2D eigenvalue weighted by molar-refractivity contribution is 5.53. The molecule has 0 atom stereocenters. The summed E-state index contributed by atoms with van der Waals surface area (Å²) in [6, 6.07) is 12.7. The van der Waals surface area contributed by atoms with Crippen molar-refractivity contribution in [2.45, 2.75) is 26.3 Å². The third kappa shape index (κ3) is 3.88. The van der Waals surface area contributed by atoms with Crippen molar-refractivity contribution >= 4 is 5.69 Å². The van der Waals surface area contributed by atoms with Gasteiger partial charge in [0, 0.05) is 29.7 Å². The first-order valence-corrected chi connectivity index (χ1v) is 8.65. The van der Waals surface area contributed by atoms with Gasteiger partial charge in [0.25, 0.3) is 0 Å². The number of hydrogen-bond acceptors (Lipinski definition) is 2. The summed E-state index contributed by atoms with van der Waals surface area (Å²) >= 11 is 0. The topological polar surface area (TPSA) is 35.2 Å². The van der Waals surface area contributed by atoms with Gasteiger partial charge in [0.15, 0.2) is 0 Å². The summed E-state index contributed by atoms with van der Waals surface area (Å²) in [5.74, 6) is 0.696. The summed E-state index contributed by atoms with van der Waals surface area (Å²) in [4.78, 5) is 0. The molecular weight excluding hydrogens is 303 g/mol. The minimum absolute atomic E-state index is 0.174. The quantitative estimate of drug-likeness (QED) is 0.644. The summed E-state index contributed by atoms with van der Waals surface area (Å²) < 4.78 is 20.1. The molecule has 1 heterocycles. The number of hydrogen-bond donors (Lipinski definition) is 1. The predicted octanol–water partition coefficient (Wildman–Crippen LogP) is 3.91. The van der Waals surface area contributed by atoms with Gasteiger partial charge in [-0.05, 0) is 31.2 Å². The van der Waals surface area contributed by atoms with E-state index in [1.807, 2.05) is 37.3 Å². The van der Waals surface area contributed by atoms with E-state index in [4.69, 9.17) is 10.5 Å². The summed E-state index contributed by atoms with van der Waals surface area (Å²) in [5, 5.41) is 0. The van der Waals surface area contributed by atoms with E-state index < -0.39 is 0 Å². The number of quaternary nitrogens is 1. The number of rotatable bonds is 6. The molecule has 1 aliphatic rings. The van der Waals surface area contributed by atoms with Crippen LogP contribution in [0.4, 0.5) is 10.1 Å². The zero-order chi connectivity index (χ0) is 17.0. The van der Waals surface area contributed by atoms with Crippen LogP contribution in [0.1, 0.15) is 24.0 Å². The van der Waals surface area contributed by atoms with Crippen LogP contribution in [-0.2, 0) is 6.54 Å². The third-order valence-electron chi connectivity index (χ3n) is 5.10. The summed E-state index contributed by atoms with van der Waals surface area (Å²) in [6.07, 6.45) is 2.50. The Morgan fingerprint density at radius 2 is 1.79 bits per heavy atom. The molecule has 3 rings (SSSR count). The second-order valence-electron chi connectivity index (χ2n) is 6.82. The molecule has 1 saturated heterocycles. The number of ether oxygens (including phenoxy) is 1. The van der Waals surface area contributed by atoms with Gasteiger partial charge in [-0.1, -0.05) is 18.2 Å². The number of nitrogen functional groups attached to an aromatic ring is 1. The van der Waals surface area contributed by atoms with Gasteiger partial charge in [-0.2, -0.15) is 0 Å². The van der Waals surface area contributed by atoms with E-state index in [0.717, 1.165) is 47.7 Å². The fraction of sp³-hybridized carbons (Fsp3) is 0.400. The maximum Gasteiger partial charge on any atom is 0.137 e. The second kappa shape index (κ2) is 7.22. The molecule has 2 aromatic rings. The minimum Gasteiger partial charge on any atom is -0.487 e. The molecule has 128 valence electrons. The van der Waals surface area contributed by atoms with Gasteiger partial charge in [0.2, 0.25) is 0 Å². The normalized spacial score (nSPS) is 16.2. The molecule has 2 N–H and O–H groups in total. The van der Waals surface area contributed by atoms with Crippen molar-refractivity contribution in [3.8, 4) is 5.75 Å². The van der Waals surface area contributed by atoms with Crippen LogP contribution < -0.4 is 10.5 Å². The van der Waals surface area contributed by atoms with Crippen molar-refractivity contribution in [2.24, 2.45) is 0 Å². The van der Waals surface area contributed by atoms with Gasteiger partial charge < -0.3 is 15.0 Å². The molecular formula is C20H26FN2O+. The van der Waals surface area contributed by atoms with Crippen LogP contribution in [0.5, 0.6) is 5.75 Å². The fourth-order valence-corrected chi connectivity index (χ4v) is 3.58. The van der Waals surface area contributed by atoms with E-state index in [0.29, 0.717) is 6.61 Å². The molecule has 2 aromatic carbocycles. The van der Waals surface area contributed by atoms with E-state index >= 15 is 0 Å². The summed E-state index contributed by atoms with van der Waals surface area (Å²) in [5.41, 5.74) is 8.90. The third-order valence-corrected chi connectivity index (χ3v) is 5.10. The average molecular weight is 329 g/mol. The van der Waals surface area contributed by atoms with Gasteiger partial charge in [-0.15, -0.1) is 0 Å². The standard InChI is InChI=1S/C20H26FN2O/c1-16-19(22)5-4-6-20(16)24-14-13-23(11-2-3-12-23)15-17-7-9-18(21)10-8-17/h4-10H,2-3,11-15,22H2,1H3/q+1. The van der Waals surface area contributed by atoms with Crippen LogP contribution in [-0.4, -0.2) is 30.7 Å². The monoisotopic (exact) mass is 329 g/mol. The van der Waals surface area contributed by atoms with Crippen LogP contribution in [0, 0.1) is 12.7 Å². The number of nitrogens with two attached hydrogens (primary N) is 1. The molecule has 1 fully saturated rings. The molecule has 0 aromatic heterocycles. The van der Waals surface area contributed by atoms with Crippen LogP contribution in [0.2, 0.25) is 0 Å². The fourth-order valence-electron chi connectivity index (χ4n) is 3.58. The lowest BCUT2D eigenvalue weighted by Crippen LogP contribution is -2.47. The Bertz CT molecular complexity index is 679. The minimum atomic E-state index is -0.174. The van der Waals surface area contributed by atoms with Gasteiger partial charge in [0.05, 0.1) is 13.1 Å². The molecule has 0 aliphatic carbocycles. The SMILES string of the molecule is Cc1c(N)cccc1OCC[N+]1(Cc2ccc(F)cc2)CCCC1. The predicted molar refractivity (Wildman–Crippen MR) is 95.3 cm³/mol. The van der Waals surface area contributed by atoms with Gasteiger partial charge in [-0.3, -0.25) is 0 Å². The second-order valence-corrected chi connectivity index (χ2v) is 6.82. The Labute approximate surface area is 143 Å². The number of likely N-dealkylation sites (tertiary alicyclic amines) is 1. The lowest BCUT2D eigenvalue weighted by molar-refractivity contribution is -0.929. The van der Waals surface area contributed by atoms with Gasteiger partial charge in [-0.25, -0.2) is 4.39 Å². The van der Waals surface area contributed by atoms with E-state index in [1.165, 1.54) is 18.4 Å². The molecule has 1 aliphatic heterocycles. The van der Waals surface area contributed by atoms with Crippen molar-refractivity contribution in [3.63, 3.8) is 0 Å². The molecule has 24 heavy (non-hydrogen) atoms. The zero-order valence-corrected chi connectivity index (χ0v) is 14.3. The van der Waals surface area contributed by atoms with E-state index in [9.17, 15) is 4.39 Å².